The van der Waals surface area contributed by atoms with Crippen LogP contribution in [0.3, 0.4) is 0 Å². The largest absolute Gasteiger partial charge is 0.392 e. The minimum absolute atomic E-state index is 0.152. The van der Waals surface area contributed by atoms with Gasteiger partial charge in [-0.05, 0) is 135 Å². The zero-order chi connectivity index (χ0) is 22.9. The van der Waals surface area contributed by atoms with E-state index in [9.17, 15) is 5.11 Å². The second-order valence-electron chi connectivity index (χ2n) is 11.6. The van der Waals surface area contributed by atoms with Crippen LogP contribution in [0.25, 0.3) is 0 Å². The van der Waals surface area contributed by atoms with Crippen LogP contribution in [0.15, 0.2) is 36.4 Å². The van der Waals surface area contributed by atoms with E-state index in [1.165, 1.54) is 73.6 Å². The maximum atomic E-state index is 9.47. The van der Waals surface area contributed by atoms with Crippen LogP contribution in [0.5, 0.6) is 0 Å². The highest BCUT2D eigenvalue weighted by atomic mass is 16.3. The van der Waals surface area contributed by atoms with Crippen molar-refractivity contribution < 1.29 is 5.11 Å². The molecular formula is C31H44O. The molecule has 0 heterocycles. The molecule has 0 aliphatic heterocycles. The molecule has 2 aromatic carbocycles. The monoisotopic (exact) mass is 432 g/mol. The van der Waals surface area contributed by atoms with Gasteiger partial charge in [-0.25, -0.2) is 0 Å². The van der Waals surface area contributed by atoms with E-state index in [4.69, 9.17) is 0 Å². The molecule has 0 saturated heterocycles. The van der Waals surface area contributed by atoms with Gasteiger partial charge < -0.3 is 5.11 Å². The summed E-state index contributed by atoms with van der Waals surface area (Å²) in [6.07, 6.45) is 10.9. The van der Waals surface area contributed by atoms with Gasteiger partial charge in [0.1, 0.15) is 0 Å². The van der Waals surface area contributed by atoms with Gasteiger partial charge in [-0.1, -0.05) is 50.2 Å². The summed E-state index contributed by atoms with van der Waals surface area (Å²) in [6.45, 7) is 11.9. The van der Waals surface area contributed by atoms with Gasteiger partial charge in [0.05, 0.1) is 6.61 Å². The van der Waals surface area contributed by atoms with Crippen molar-refractivity contribution in [2.45, 2.75) is 104 Å². The summed E-state index contributed by atoms with van der Waals surface area (Å²) in [5.74, 6) is 3.20. The van der Waals surface area contributed by atoms with Crippen molar-refractivity contribution in [1.82, 2.24) is 0 Å². The molecule has 2 fully saturated rings. The van der Waals surface area contributed by atoms with Gasteiger partial charge in [0.25, 0.3) is 0 Å². The Kier molecular flexibility index (Phi) is 7.15. The second kappa shape index (κ2) is 9.72. The molecule has 0 spiro atoms. The van der Waals surface area contributed by atoms with Crippen LogP contribution in [-0.4, -0.2) is 5.11 Å². The maximum absolute atomic E-state index is 9.47. The second-order valence-corrected chi connectivity index (χ2v) is 11.6. The van der Waals surface area contributed by atoms with Crippen molar-refractivity contribution in [1.29, 1.82) is 0 Å². The number of aliphatic hydroxyl groups excluding tert-OH is 1. The molecule has 4 rings (SSSR count). The van der Waals surface area contributed by atoms with Crippen molar-refractivity contribution in [2.75, 3.05) is 0 Å². The predicted molar refractivity (Wildman–Crippen MR) is 136 cm³/mol. The van der Waals surface area contributed by atoms with Gasteiger partial charge >= 0.3 is 0 Å². The van der Waals surface area contributed by atoms with Crippen LogP contribution in [0, 0.1) is 38.0 Å². The van der Waals surface area contributed by atoms with Gasteiger partial charge in [-0.15, -0.1) is 0 Å². The van der Waals surface area contributed by atoms with Gasteiger partial charge in [-0.2, -0.15) is 0 Å². The molecule has 1 N–H and O–H groups in total. The smallest absolute Gasteiger partial charge is 0.0684 e. The van der Waals surface area contributed by atoms with Gasteiger partial charge in [0.15, 0.2) is 0 Å². The van der Waals surface area contributed by atoms with Crippen molar-refractivity contribution >= 4 is 0 Å². The van der Waals surface area contributed by atoms with E-state index in [0.29, 0.717) is 11.3 Å². The number of benzene rings is 2. The first kappa shape index (κ1) is 23.6. The van der Waals surface area contributed by atoms with Crippen molar-refractivity contribution in [3.63, 3.8) is 0 Å². The Balaban J connectivity index is 1.33. The summed E-state index contributed by atoms with van der Waals surface area (Å²) in [7, 11) is 0. The first-order chi connectivity index (χ1) is 15.3. The highest BCUT2D eigenvalue weighted by molar-refractivity contribution is 5.33. The standard InChI is InChI=1S/C31H44O/c1-21-6-7-26(18-22(21)2)24-10-14-29(15-11-24)31(4,5)30-16-12-25(13-17-30)27-8-9-28(20-32)23(3)19-27/h6-9,18-19,24-25,29-30,32H,10-17,20H2,1-5H3. The third-order valence-corrected chi connectivity index (χ3v) is 9.57. The van der Waals surface area contributed by atoms with Crippen molar-refractivity contribution in [2.24, 2.45) is 17.3 Å². The first-order valence-corrected chi connectivity index (χ1v) is 13.1. The lowest BCUT2D eigenvalue weighted by molar-refractivity contribution is 0.0513. The topological polar surface area (TPSA) is 20.2 Å². The molecule has 0 aromatic heterocycles. The quantitative estimate of drug-likeness (QED) is 0.503. The highest BCUT2D eigenvalue weighted by Gasteiger charge is 2.40. The summed E-state index contributed by atoms with van der Waals surface area (Å²) in [6, 6.07) is 13.9. The fourth-order valence-corrected chi connectivity index (χ4v) is 6.84. The van der Waals surface area contributed by atoms with E-state index in [2.05, 4.69) is 71.0 Å². The molecule has 174 valence electrons. The summed E-state index contributed by atoms with van der Waals surface area (Å²) >= 11 is 0. The number of rotatable bonds is 5. The summed E-state index contributed by atoms with van der Waals surface area (Å²) in [5.41, 5.74) is 8.70. The maximum Gasteiger partial charge on any atom is 0.0684 e. The van der Waals surface area contributed by atoms with Crippen LogP contribution in [-0.2, 0) is 6.61 Å². The van der Waals surface area contributed by atoms with Gasteiger partial charge in [-0.3, -0.25) is 0 Å². The van der Waals surface area contributed by atoms with E-state index in [1.807, 2.05) is 0 Å². The molecule has 1 heteroatoms. The van der Waals surface area contributed by atoms with Gasteiger partial charge in [0.2, 0.25) is 0 Å². The Morgan fingerprint density at radius 3 is 1.56 bits per heavy atom. The summed E-state index contributed by atoms with van der Waals surface area (Å²) in [5, 5.41) is 9.47. The molecule has 2 saturated carbocycles. The molecular weight excluding hydrogens is 388 g/mol. The van der Waals surface area contributed by atoms with E-state index < -0.39 is 0 Å². The van der Waals surface area contributed by atoms with Crippen LogP contribution in [0.2, 0.25) is 0 Å². The average Bonchev–Trinajstić information content (AvgIpc) is 2.81. The number of hydrogen-bond acceptors (Lipinski definition) is 1. The predicted octanol–water partition coefficient (Wildman–Crippen LogP) is 8.38. The molecule has 0 bridgehead atoms. The lowest BCUT2D eigenvalue weighted by Gasteiger charge is -2.47. The van der Waals surface area contributed by atoms with Crippen LogP contribution < -0.4 is 0 Å². The number of aliphatic hydroxyl groups is 1. The van der Waals surface area contributed by atoms with Crippen LogP contribution in [0.1, 0.15) is 110 Å². The molecule has 0 amide bonds. The summed E-state index contributed by atoms with van der Waals surface area (Å²) < 4.78 is 0. The van der Waals surface area contributed by atoms with E-state index in [-0.39, 0.29) is 6.61 Å². The minimum Gasteiger partial charge on any atom is -0.392 e. The SMILES string of the molecule is Cc1ccc(C2CCC(C(C)(C)C3CCC(c4ccc(CO)c(C)c4)CC3)CC2)cc1C. The van der Waals surface area contributed by atoms with Crippen molar-refractivity contribution in [3.8, 4) is 0 Å². The lowest BCUT2D eigenvalue weighted by Crippen LogP contribution is -2.36. The van der Waals surface area contributed by atoms with Gasteiger partial charge in [0, 0.05) is 0 Å². The number of hydrogen-bond donors (Lipinski definition) is 1. The Labute approximate surface area is 196 Å². The molecule has 2 aromatic rings. The third-order valence-electron chi connectivity index (χ3n) is 9.57. The molecule has 0 atom stereocenters. The normalized spacial score (nSPS) is 26.8. The van der Waals surface area contributed by atoms with Crippen LogP contribution >= 0.6 is 0 Å². The molecule has 0 unspecified atom stereocenters. The fourth-order valence-electron chi connectivity index (χ4n) is 6.84. The zero-order valence-electron chi connectivity index (χ0n) is 21.1. The summed E-state index contributed by atoms with van der Waals surface area (Å²) in [4.78, 5) is 0. The Hall–Kier alpha value is -1.60. The molecule has 2 aliphatic rings. The van der Waals surface area contributed by atoms with E-state index >= 15 is 0 Å². The third kappa shape index (κ3) is 4.84. The van der Waals surface area contributed by atoms with E-state index in [0.717, 1.165) is 23.3 Å². The highest BCUT2D eigenvalue weighted by Crippen LogP contribution is 2.52. The Bertz CT molecular complexity index is 908. The van der Waals surface area contributed by atoms with Crippen LogP contribution in [0.4, 0.5) is 0 Å². The Morgan fingerprint density at radius 1 is 0.656 bits per heavy atom. The van der Waals surface area contributed by atoms with E-state index in [1.54, 1.807) is 5.56 Å². The molecule has 32 heavy (non-hydrogen) atoms. The van der Waals surface area contributed by atoms with Crippen molar-refractivity contribution in [3.05, 3.63) is 69.8 Å². The first-order valence-electron chi connectivity index (χ1n) is 13.1. The average molecular weight is 433 g/mol. The lowest BCUT2D eigenvalue weighted by atomic mass is 9.58. The molecule has 2 aliphatic carbocycles. The number of aryl methyl sites for hydroxylation is 3. The molecule has 1 nitrogen and oxygen atoms in total. The fraction of sp³-hybridized carbons (Fsp3) is 0.613. The Morgan fingerprint density at radius 2 is 1.12 bits per heavy atom. The minimum atomic E-state index is 0.152. The molecule has 0 radical (unpaired) electrons. The zero-order valence-corrected chi connectivity index (χ0v) is 21.1.